The van der Waals surface area contributed by atoms with Gasteiger partial charge in [0.2, 0.25) is 0 Å². The van der Waals surface area contributed by atoms with E-state index >= 15 is 0 Å². The Hall–Kier alpha value is -2.60. The normalized spacial score (nSPS) is 13.9. The molecule has 1 aromatic carbocycles. The summed E-state index contributed by atoms with van der Waals surface area (Å²) in [6, 6.07) is 11.3. The van der Waals surface area contributed by atoms with Crippen molar-refractivity contribution in [3.8, 4) is 5.75 Å². The number of carbonyl (C=O) groups is 2. The van der Waals surface area contributed by atoms with Crippen LogP contribution >= 0.6 is 11.3 Å². The van der Waals surface area contributed by atoms with E-state index in [4.69, 9.17) is 9.47 Å². The van der Waals surface area contributed by atoms with E-state index in [-0.39, 0.29) is 12.5 Å². The second-order valence-corrected chi connectivity index (χ2v) is 6.63. The van der Waals surface area contributed by atoms with Crippen LogP contribution < -0.4 is 10.1 Å². The average molecular weight is 357 g/mol. The molecule has 130 valence electrons. The lowest BCUT2D eigenvalue weighted by Crippen LogP contribution is -2.37. The zero-order chi connectivity index (χ0) is 17.6. The molecule has 2 aromatic rings. The van der Waals surface area contributed by atoms with Crippen molar-refractivity contribution < 1.29 is 19.1 Å². The van der Waals surface area contributed by atoms with Crippen molar-refractivity contribution in [3.05, 3.63) is 57.8 Å². The van der Waals surface area contributed by atoms with Gasteiger partial charge in [-0.3, -0.25) is 4.79 Å². The van der Waals surface area contributed by atoms with Gasteiger partial charge in [0.1, 0.15) is 12.4 Å². The fourth-order valence-electron chi connectivity index (χ4n) is 2.46. The largest absolute Gasteiger partial charge is 0.488 e. The lowest BCUT2D eigenvalue weighted by molar-refractivity contribution is -0.152. The number of hydrogen-bond donors (Lipinski definition) is 1. The molecule has 1 aliphatic heterocycles. The van der Waals surface area contributed by atoms with Crippen molar-refractivity contribution in [1.29, 1.82) is 0 Å². The van der Waals surface area contributed by atoms with Crippen LogP contribution in [-0.2, 0) is 20.9 Å². The van der Waals surface area contributed by atoms with Crippen molar-refractivity contribution in [2.24, 2.45) is 0 Å². The van der Waals surface area contributed by atoms with Gasteiger partial charge >= 0.3 is 5.97 Å². The van der Waals surface area contributed by atoms with E-state index in [0.717, 1.165) is 16.2 Å². The quantitative estimate of drug-likeness (QED) is 0.807. The number of ether oxygens (including phenoxy) is 2. The van der Waals surface area contributed by atoms with Gasteiger partial charge in [-0.2, -0.15) is 0 Å². The zero-order valence-electron chi connectivity index (χ0n) is 13.9. The number of nitrogens with one attached hydrogen (secondary N) is 1. The molecule has 0 saturated heterocycles. The van der Waals surface area contributed by atoms with Crippen molar-refractivity contribution >= 4 is 29.3 Å². The van der Waals surface area contributed by atoms with Gasteiger partial charge in [-0.25, -0.2) is 4.79 Å². The van der Waals surface area contributed by atoms with Gasteiger partial charge in [0, 0.05) is 10.4 Å². The minimum atomic E-state index is -0.814. The van der Waals surface area contributed by atoms with E-state index in [1.807, 2.05) is 48.7 Å². The molecule has 0 radical (unpaired) electrons. The van der Waals surface area contributed by atoms with E-state index in [1.165, 1.54) is 0 Å². The number of rotatable bonds is 6. The molecular weight excluding hydrogens is 338 g/mol. The van der Waals surface area contributed by atoms with E-state index < -0.39 is 12.1 Å². The van der Waals surface area contributed by atoms with Crippen molar-refractivity contribution in [2.45, 2.75) is 26.0 Å². The molecule has 1 aromatic heterocycles. The first-order valence-corrected chi connectivity index (χ1v) is 8.99. The Morgan fingerprint density at radius 2 is 2.12 bits per heavy atom. The highest BCUT2D eigenvalue weighted by atomic mass is 32.1. The van der Waals surface area contributed by atoms with Gasteiger partial charge in [-0.05, 0) is 30.0 Å². The molecule has 0 fully saturated rings. The van der Waals surface area contributed by atoms with Crippen LogP contribution in [0.2, 0.25) is 0 Å². The molecule has 6 heteroatoms. The summed E-state index contributed by atoms with van der Waals surface area (Å²) in [6.45, 7) is 2.39. The summed E-state index contributed by atoms with van der Waals surface area (Å²) in [7, 11) is 0. The summed E-state index contributed by atoms with van der Waals surface area (Å²) in [5.74, 6) is -0.0746. The van der Waals surface area contributed by atoms with Gasteiger partial charge in [0.25, 0.3) is 5.91 Å². The Kier molecular flexibility index (Phi) is 5.50. The summed E-state index contributed by atoms with van der Waals surface area (Å²) in [5.41, 5.74) is 1.24. The number of thiophene rings is 1. The smallest absolute Gasteiger partial charge is 0.338 e. The Morgan fingerprint density at radius 3 is 2.88 bits per heavy atom. The molecule has 1 aliphatic rings. The Bertz CT molecular complexity index is 782. The monoisotopic (exact) mass is 357 g/mol. The number of carbonyl (C=O) groups excluding carboxylic acids is 2. The van der Waals surface area contributed by atoms with Crippen LogP contribution in [0.1, 0.15) is 23.8 Å². The minimum absolute atomic E-state index is 0.142. The predicted molar refractivity (Wildman–Crippen MR) is 96.3 cm³/mol. The van der Waals surface area contributed by atoms with E-state index in [1.54, 1.807) is 17.4 Å². The average Bonchev–Trinajstić information content (AvgIpc) is 3.17. The molecule has 5 nitrogen and oxygen atoms in total. The maximum atomic E-state index is 12.4. The molecule has 1 atom stereocenters. The highest BCUT2D eigenvalue weighted by Crippen LogP contribution is 2.26. The predicted octanol–water partition coefficient (Wildman–Crippen LogP) is 3.16. The summed E-state index contributed by atoms with van der Waals surface area (Å²) >= 11 is 1.57. The number of hydrogen-bond acceptors (Lipinski definition) is 5. The molecule has 25 heavy (non-hydrogen) atoms. The first kappa shape index (κ1) is 17.2. The highest BCUT2D eigenvalue weighted by Gasteiger charge is 2.25. The minimum Gasteiger partial charge on any atom is -0.488 e. The standard InChI is InChI=1S/C19H19NO4S/c1-2-16(18(21)20-11-15-7-5-9-25-15)24-19(22)14-10-13-6-3-4-8-17(13)23-12-14/h3-10,16H,2,11-12H2,1H3,(H,20,21)/t16-/m0/s1. The Labute approximate surface area is 150 Å². The van der Waals surface area contributed by atoms with Crippen molar-refractivity contribution in [3.63, 3.8) is 0 Å². The molecule has 0 unspecified atom stereocenters. The maximum Gasteiger partial charge on any atom is 0.338 e. The number of amides is 1. The molecule has 1 N–H and O–H groups in total. The number of fused-ring (bicyclic) bond motifs is 1. The first-order valence-electron chi connectivity index (χ1n) is 8.11. The second kappa shape index (κ2) is 7.98. The molecule has 0 spiro atoms. The number of para-hydroxylation sites is 1. The summed E-state index contributed by atoms with van der Waals surface area (Å²) in [5, 5.41) is 4.75. The van der Waals surface area contributed by atoms with Crippen LogP contribution in [0, 0.1) is 0 Å². The molecular formula is C19H19NO4S. The summed E-state index contributed by atoms with van der Waals surface area (Å²) in [6.07, 6.45) is 1.34. The topological polar surface area (TPSA) is 64.6 Å². The zero-order valence-corrected chi connectivity index (χ0v) is 14.7. The van der Waals surface area contributed by atoms with Crippen LogP contribution in [0.25, 0.3) is 6.08 Å². The Balaban J connectivity index is 1.60. The number of benzene rings is 1. The molecule has 3 rings (SSSR count). The molecule has 2 heterocycles. The van der Waals surface area contributed by atoms with Gasteiger partial charge in [-0.1, -0.05) is 31.2 Å². The van der Waals surface area contributed by atoms with Crippen molar-refractivity contribution in [2.75, 3.05) is 6.61 Å². The van der Waals surface area contributed by atoms with Crippen LogP contribution in [0.15, 0.2) is 47.4 Å². The lowest BCUT2D eigenvalue weighted by atomic mass is 10.1. The van der Waals surface area contributed by atoms with Crippen LogP contribution in [0.5, 0.6) is 5.75 Å². The molecule has 1 amide bonds. The fourth-order valence-corrected chi connectivity index (χ4v) is 3.11. The van der Waals surface area contributed by atoms with Crippen LogP contribution in [0.4, 0.5) is 0 Å². The molecule has 0 aliphatic carbocycles. The van der Waals surface area contributed by atoms with Crippen molar-refractivity contribution in [1.82, 2.24) is 5.32 Å². The van der Waals surface area contributed by atoms with Crippen LogP contribution in [-0.4, -0.2) is 24.6 Å². The molecule has 0 bridgehead atoms. The SMILES string of the molecule is CC[C@H](OC(=O)C1=Cc2ccccc2OC1)C(=O)NCc1cccs1. The summed E-state index contributed by atoms with van der Waals surface area (Å²) < 4.78 is 11.0. The fraction of sp³-hybridized carbons (Fsp3) is 0.263. The maximum absolute atomic E-state index is 12.4. The number of esters is 1. The van der Waals surface area contributed by atoms with E-state index in [2.05, 4.69) is 5.32 Å². The third-order valence-corrected chi connectivity index (χ3v) is 4.70. The first-order chi connectivity index (χ1) is 12.2. The third-order valence-electron chi connectivity index (χ3n) is 3.82. The molecule has 0 saturated carbocycles. The lowest BCUT2D eigenvalue weighted by Gasteiger charge is -2.20. The van der Waals surface area contributed by atoms with Gasteiger partial charge < -0.3 is 14.8 Å². The van der Waals surface area contributed by atoms with E-state index in [0.29, 0.717) is 18.5 Å². The summed E-state index contributed by atoms with van der Waals surface area (Å²) in [4.78, 5) is 25.7. The third kappa shape index (κ3) is 4.28. The van der Waals surface area contributed by atoms with Gasteiger partial charge in [0.05, 0.1) is 12.1 Å². The second-order valence-electron chi connectivity index (χ2n) is 5.60. The van der Waals surface area contributed by atoms with E-state index in [9.17, 15) is 9.59 Å². The van der Waals surface area contributed by atoms with Gasteiger partial charge in [-0.15, -0.1) is 11.3 Å². The Morgan fingerprint density at radius 1 is 1.28 bits per heavy atom. The highest BCUT2D eigenvalue weighted by molar-refractivity contribution is 7.09. The van der Waals surface area contributed by atoms with Gasteiger partial charge in [0.15, 0.2) is 6.10 Å². The van der Waals surface area contributed by atoms with Crippen LogP contribution in [0.3, 0.4) is 0 Å².